The lowest BCUT2D eigenvalue weighted by Gasteiger charge is -2.29. The third-order valence-electron chi connectivity index (χ3n) is 3.75. The molecule has 1 aliphatic carbocycles. The molecule has 0 bridgehead atoms. The van der Waals surface area contributed by atoms with Crippen LogP contribution in [0.5, 0.6) is 0 Å². The van der Waals surface area contributed by atoms with Crippen molar-refractivity contribution in [3.63, 3.8) is 0 Å². The first-order valence-electron chi connectivity index (χ1n) is 6.71. The predicted molar refractivity (Wildman–Crippen MR) is 73.9 cm³/mol. The zero-order chi connectivity index (χ0) is 13.9. The molecule has 19 heavy (non-hydrogen) atoms. The summed E-state index contributed by atoms with van der Waals surface area (Å²) < 4.78 is 27.7. The molecule has 1 fully saturated rings. The van der Waals surface area contributed by atoms with E-state index in [-0.39, 0.29) is 17.5 Å². The van der Waals surface area contributed by atoms with Crippen LogP contribution in [-0.4, -0.2) is 19.4 Å². The Labute approximate surface area is 114 Å². The molecular weight excluding hydrogens is 262 g/mol. The molecule has 2 atom stereocenters. The summed E-state index contributed by atoms with van der Waals surface area (Å²) >= 11 is 0. The number of nitrogens with two attached hydrogens (primary N) is 1. The standard InChI is InChI=1S/C13H21N3O2S/c1-10-5-2-3-6-11(10)16-19(17,18)13-7-4-8-15-12(13)9-14/h4,7-8,10-11,16H,2-3,5-6,9,14H2,1H3. The van der Waals surface area contributed by atoms with E-state index < -0.39 is 10.0 Å². The average molecular weight is 283 g/mol. The smallest absolute Gasteiger partial charge is 0.242 e. The van der Waals surface area contributed by atoms with Crippen molar-refractivity contribution >= 4 is 10.0 Å². The largest absolute Gasteiger partial charge is 0.325 e. The van der Waals surface area contributed by atoms with E-state index in [1.807, 2.05) is 0 Å². The van der Waals surface area contributed by atoms with E-state index in [4.69, 9.17) is 5.73 Å². The lowest BCUT2D eigenvalue weighted by Crippen LogP contribution is -2.41. The molecular formula is C13H21N3O2S. The van der Waals surface area contributed by atoms with E-state index in [0.29, 0.717) is 11.6 Å². The minimum Gasteiger partial charge on any atom is -0.325 e. The van der Waals surface area contributed by atoms with Crippen LogP contribution < -0.4 is 10.5 Å². The molecule has 0 aromatic carbocycles. The minimum absolute atomic E-state index is 0.0181. The zero-order valence-corrected chi connectivity index (χ0v) is 12.0. The molecule has 3 N–H and O–H groups in total. The van der Waals surface area contributed by atoms with Gasteiger partial charge in [-0.05, 0) is 30.9 Å². The molecule has 1 heterocycles. The van der Waals surface area contributed by atoms with Crippen LogP contribution in [0.4, 0.5) is 0 Å². The van der Waals surface area contributed by atoms with Crippen LogP contribution in [0.15, 0.2) is 23.2 Å². The number of nitrogens with zero attached hydrogens (tertiary/aromatic N) is 1. The molecule has 0 spiro atoms. The Morgan fingerprint density at radius 3 is 2.84 bits per heavy atom. The minimum atomic E-state index is -3.53. The van der Waals surface area contributed by atoms with Gasteiger partial charge in [0.25, 0.3) is 0 Å². The van der Waals surface area contributed by atoms with Gasteiger partial charge in [-0.15, -0.1) is 0 Å². The van der Waals surface area contributed by atoms with Gasteiger partial charge >= 0.3 is 0 Å². The van der Waals surface area contributed by atoms with Crippen LogP contribution in [0.3, 0.4) is 0 Å². The van der Waals surface area contributed by atoms with Crippen molar-refractivity contribution in [3.05, 3.63) is 24.0 Å². The molecule has 2 unspecified atom stereocenters. The second kappa shape index (κ2) is 5.98. The monoisotopic (exact) mass is 283 g/mol. The van der Waals surface area contributed by atoms with Gasteiger partial charge in [0.15, 0.2) is 0 Å². The summed E-state index contributed by atoms with van der Waals surface area (Å²) in [7, 11) is -3.53. The van der Waals surface area contributed by atoms with Crippen LogP contribution in [-0.2, 0) is 16.6 Å². The summed E-state index contributed by atoms with van der Waals surface area (Å²) in [5.74, 6) is 0.376. The van der Waals surface area contributed by atoms with Gasteiger partial charge in [-0.1, -0.05) is 19.8 Å². The van der Waals surface area contributed by atoms with E-state index >= 15 is 0 Å². The highest BCUT2D eigenvalue weighted by Crippen LogP contribution is 2.25. The first-order chi connectivity index (χ1) is 9.04. The van der Waals surface area contributed by atoms with Crippen LogP contribution in [0.2, 0.25) is 0 Å². The first kappa shape index (κ1) is 14.4. The van der Waals surface area contributed by atoms with Crippen LogP contribution in [0.25, 0.3) is 0 Å². The fourth-order valence-electron chi connectivity index (χ4n) is 2.58. The molecule has 106 valence electrons. The second-order valence-electron chi connectivity index (χ2n) is 5.14. The van der Waals surface area contributed by atoms with E-state index in [2.05, 4.69) is 16.6 Å². The Hall–Kier alpha value is -0.980. The van der Waals surface area contributed by atoms with Gasteiger partial charge in [-0.25, -0.2) is 13.1 Å². The van der Waals surface area contributed by atoms with Gasteiger partial charge in [0.1, 0.15) is 4.90 Å². The van der Waals surface area contributed by atoms with Crippen molar-refractivity contribution in [1.29, 1.82) is 0 Å². The molecule has 0 saturated heterocycles. The molecule has 2 rings (SSSR count). The highest BCUT2D eigenvalue weighted by Gasteiger charge is 2.28. The Bertz CT molecular complexity index is 530. The van der Waals surface area contributed by atoms with Gasteiger partial charge in [-0.3, -0.25) is 4.98 Å². The molecule has 1 aromatic rings. The summed E-state index contributed by atoms with van der Waals surface area (Å²) in [6, 6.07) is 3.20. The molecule has 5 nitrogen and oxygen atoms in total. The second-order valence-corrected chi connectivity index (χ2v) is 6.82. The molecule has 1 aromatic heterocycles. The molecule has 0 amide bonds. The number of aromatic nitrogens is 1. The van der Waals surface area contributed by atoms with E-state index in [0.717, 1.165) is 19.3 Å². The maximum atomic E-state index is 12.4. The van der Waals surface area contributed by atoms with E-state index in [9.17, 15) is 8.42 Å². The summed E-state index contributed by atoms with van der Waals surface area (Å²) in [6.07, 6.45) is 5.79. The normalized spacial score (nSPS) is 24.3. The summed E-state index contributed by atoms with van der Waals surface area (Å²) in [4.78, 5) is 4.24. The van der Waals surface area contributed by atoms with Crippen molar-refractivity contribution in [2.24, 2.45) is 11.7 Å². The van der Waals surface area contributed by atoms with Gasteiger partial charge in [0, 0.05) is 18.8 Å². The van der Waals surface area contributed by atoms with Crippen LogP contribution in [0.1, 0.15) is 38.3 Å². The maximum absolute atomic E-state index is 12.4. The first-order valence-corrected chi connectivity index (χ1v) is 8.19. The molecule has 0 aliphatic heterocycles. The number of pyridine rings is 1. The fraction of sp³-hybridized carbons (Fsp3) is 0.615. The van der Waals surface area contributed by atoms with Crippen molar-refractivity contribution in [1.82, 2.24) is 9.71 Å². The Balaban J connectivity index is 2.22. The van der Waals surface area contributed by atoms with Crippen LogP contribution in [0, 0.1) is 5.92 Å². The molecule has 6 heteroatoms. The topological polar surface area (TPSA) is 85.1 Å². The summed E-state index contributed by atoms with van der Waals surface area (Å²) in [5, 5.41) is 0. The van der Waals surface area contributed by atoms with Crippen molar-refractivity contribution in [2.75, 3.05) is 0 Å². The number of nitrogens with one attached hydrogen (secondary N) is 1. The van der Waals surface area contributed by atoms with E-state index in [1.165, 1.54) is 6.42 Å². The van der Waals surface area contributed by atoms with Gasteiger partial charge in [0.2, 0.25) is 10.0 Å². The predicted octanol–water partition coefficient (Wildman–Crippen LogP) is 1.40. The highest BCUT2D eigenvalue weighted by atomic mass is 32.2. The summed E-state index contributed by atoms with van der Waals surface area (Å²) in [6.45, 7) is 2.22. The fourth-order valence-corrected chi connectivity index (χ4v) is 4.15. The number of hydrogen-bond acceptors (Lipinski definition) is 4. The Morgan fingerprint density at radius 2 is 2.16 bits per heavy atom. The zero-order valence-electron chi connectivity index (χ0n) is 11.2. The SMILES string of the molecule is CC1CCCCC1NS(=O)(=O)c1cccnc1CN. The highest BCUT2D eigenvalue weighted by molar-refractivity contribution is 7.89. The van der Waals surface area contributed by atoms with Gasteiger partial charge < -0.3 is 5.73 Å². The number of rotatable bonds is 4. The number of sulfonamides is 1. The Kier molecular flexibility index (Phi) is 4.54. The van der Waals surface area contributed by atoms with Crippen molar-refractivity contribution in [2.45, 2.75) is 50.1 Å². The summed E-state index contributed by atoms with van der Waals surface area (Å²) in [5.41, 5.74) is 5.97. The third kappa shape index (κ3) is 3.32. The third-order valence-corrected chi connectivity index (χ3v) is 5.31. The van der Waals surface area contributed by atoms with Gasteiger partial charge in [0.05, 0.1) is 5.69 Å². The average Bonchev–Trinajstić information content (AvgIpc) is 2.41. The number of hydrogen-bond donors (Lipinski definition) is 2. The van der Waals surface area contributed by atoms with Crippen molar-refractivity contribution in [3.8, 4) is 0 Å². The molecule has 1 aliphatic rings. The molecule has 0 radical (unpaired) electrons. The van der Waals surface area contributed by atoms with Crippen LogP contribution >= 0.6 is 0 Å². The lowest BCUT2D eigenvalue weighted by molar-refractivity contribution is 0.310. The molecule has 1 saturated carbocycles. The Morgan fingerprint density at radius 1 is 1.42 bits per heavy atom. The van der Waals surface area contributed by atoms with Gasteiger partial charge in [-0.2, -0.15) is 0 Å². The quantitative estimate of drug-likeness (QED) is 0.874. The van der Waals surface area contributed by atoms with E-state index in [1.54, 1.807) is 18.3 Å². The maximum Gasteiger partial charge on any atom is 0.242 e. The lowest BCUT2D eigenvalue weighted by atomic mass is 9.87. The van der Waals surface area contributed by atoms with Crippen molar-refractivity contribution < 1.29 is 8.42 Å².